The standard InChI is InChI=1S/C25H35N3O4S/c1-18-12-14-22(15-13-18)17-27(21(4)25(30)26-5)24(29)11-8-16-28(33(6,31)32)23-10-7-9-19(2)20(23)3/h7,9-10,12-15,21H,8,11,16-17H2,1-6H3,(H,26,30). The summed E-state index contributed by atoms with van der Waals surface area (Å²) in [5.74, 6) is -0.440. The number of aryl methyl sites for hydroxylation is 2. The molecule has 1 atom stereocenters. The van der Waals surface area contributed by atoms with Crippen molar-refractivity contribution in [3.63, 3.8) is 0 Å². The third kappa shape index (κ3) is 7.05. The molecular formula is C25H35N3O4S. The Labute approximate surface area is 197 Å². The van der Waals surface area contributed by atoms with E-state index in [0.29, 0.717) is 18.7 Å². The predicted octanol–water partition coefficient (Wildman–Crippen LogP) is 3.32. The summed E-state index contributed by atoms with van der Waals surface area (Å²) < 4.78 is 26.3. The molecule has 1 unspecified atom stereocenters. The molecule has 2 amide bonds. The van der Waals surface area contributed by atoms with Crippen LogP contribution >= 0.6 is 0 Å². The second-order valence-corrected chi connectivity index (χ2v) is 10.4. The number of nitrogens with zero attached hydrogens (tertiary/aromatic N) is 2. The number of nitrogens with one attached hydrogen (secondary N) is 1. The minimum Gasteiger partial charge on any atom is -0.357 e. The van der Waals surface area contributed by atoms with Crippen molar-refractivity contribution in [2.45, 2.75) is 53.1 Å². The lowest BCUT2D eigenvalue weighted by Crippen LogP contribution is -2.46. The molecule has 0 aliphatic rings. The molecule has 7 nitrogen and oxygen atoms in total. The van der Waals surface area contributed by atoms with Gasteiger partial charge in [0.2, 0.25) is 21.8 Å². The largest absolute Gasteiger partial charge is 0.357 e. The molecule has 0 bridgehead atoms. The van der Waals surface area contributed by atoms with Crippen molar-refractivity contribution in [3.05, 3.63) is 64.7 Å². The predicted molar refractivity (Wildman–Crippen MR) is 133 cm³/mol. The summed E-state index contributed by atoms with van der Waals surface area (Å²) in [5.41, 5.74) is 4.56. The summed E-state index contributed by atoms with van der Waals surface area (Å²) >= 11 is 0. The van der Waals surface area contributed by atoms with Crippen molar-refractivity contribution in [3.8, 4) is 0 Å². The van der Waals surface area contributed by atoms with Gasteiger partial charge in [0.05, 0.1) is 11.9 Å². The van der Waals surface area contributed by atoms with Gasteiger partial charge in [-0.15, -0.1) is 0 Å². The quantitative estimate of drug-likeness (QED) is 0.574. The van der Waals surface area contributed by atoms with Gasteiger partial charge in [0.15, 0.2) is 0 Å². The average molecular weight is 474 g/mol. The van der Waals surface area contributed by atoms with Gasteiger partial charge >= 0.3 is 0 Å². The Balaban J connectivity index is 2.17. The highest BCUT2D eigenvalue weighted by molar-refractivity contribution is 7.92. The topological polar surface area (TPSA) is 86.8 Å². The SMILES string of the molecule is CNC(=O)C(C)N(Cc1ccc(C)cc1)C(=O)CCCN(c1cccc(C)c1C)S(C)(=O)=O. The molecule has 0 aliphatic heterocycles. The first-order chi connectivity index (χ1) is 15.5. The number of benzene rings is 2. The van der Waals surface area contributed by atoms with Gasteiger partial charge < -0.3 is 10.2 Å². The zero-order valence-corrected chi connectivity index (χ0v) is 21.2. The first kappa shape index (κ1) is 26.4. The first-order valence-electron chi connectivity index (χ1n) is 11.1. The highest BCUT2D eigenvalue weighted by atomic mass is 32.2. The molecule has 0 spiro atoms. The first-order valence-corrected chi connectivity index (χ1v) is 12.9. The minimum absolute atomic E-state index is 0.129. The minimum atomic E-state index is -3.52. The molecule has 1 N–H and O–H groups in total. The summed E-state index contributed by atoms with van der Waals surface area (Å²) in [6.45, 7) is 8.00. The molecule has 2 rings (SSSR count). The number of hydrogen-bond donors (Lipinski definition) is 1. The smallest absolute Gasteiger partial charge is 0.242 e. The van der Waals surface area contributed by atoms with Crippen LogP contribution in [0.1, 0.15) is 42.0 Å². The highest BCUT2D eigenvalue weighted by Gasteiger charge is 2.26. The summed E-state index contributed by atoms with van der Waals surface area (Å²) in [6, 6.07) is 12.7. The van der Waals surface area contributed by atoms with Crippen LogP contribution in [-0.4, -0.2) is 51.0 Å². The number of carbonyl (C=O) groups excluding carboxylic acids is 2. The van der Waals surface area contributed by atoms with Gasteiger partial charge in [-0.1, -0.05) is 42.0 Å². The van der Waals surface area contributed by atoms with Gasteiger partial charge in [-0.25, -0.2) is 8.42 Å². The number of sulfonamides is 1. The molecule has 180 valence electrons. The maximum atomic E-state index is 13.1. The molecule has 0 radical (unpaired) electrons. The zero-order valence-electron chi connectivity index (χ0n) is 20.4. The fourth-order valence-electron chi connectivity index (χ4n) is 3.67. The summed E-state index contributed by atoms with van der Waals surface area (Å²) in [5, 5.41) is 2.60. The molecule has 0 saturated heterocycles. The lowest BCUT2D eigenvalue weighted by molar-refractivity contribution is -0.140. The number of hydrogen-bond acceptors (Lipinski definition) is 4. The van der Waals surface area contributed by atoms with Crippen LogP contribution in [-0.2, 0) is 26.2 Å². The van der Waals surface area contributed by atoms with Gasteiger partial charge in [-0.2, -0.15) is 0 Å². The van der Waals surface area contributed by atoms with E-state index in [1.165, 1.54) is 10.6 Å². The number of likely N-dealkylation sites (N-methyl/N-ethyl adjacent to an activating group) is 1. The third-order valence-corrected chi connectivity index (χ3v) is 7.06. The fraction of sp³-hybridized carbons (Fsp3) is 0.440. The van der Waals surface area contributed by atoms with Crippen LogP contribution < -0.4 is 9.62 Å². The summed E-state index contributed by atoms with van der Waals surface area (Å²) in [7, 11) is -1.97. The molecule has 0 fully saturated rings. The van der Waals surface area contributed by atoms with E-state index in [9.17, 15) is 18.0 Å². The van der Waals surface area contributed by atoms with Gasteiger partial charge in [-0.05, 0) is 56.9 Å². The van der Waals surface area contributed by atoms with Crippen LogP contribution in [0.15, 0.2) is 42.5 Å². The molecule has 0 aliphatic carbocycles. The lowest BCUT2D eigenvalue weighted by Gasteiger charge is -2.29. The molecule has 0 heterocycles. The van der Waals surface area contributed by atoms with E-state index in [-0.39, 0.29) is 24.8 Å². The van der Waals surface area contributed by atoms with Gasteiger partial charge in [-0.3, -0.25) is 13.9 Å². The van der Waals surface area contributed by atoms with E-state index in [1.54, 1.807) is 24.9 Å². The van der Waals surface area contributed by atoms with E-state index in [0.717, 1.165) is 22.3 Å². The molecule has 0 aromatic heterocycles. The van der Waals surface area contributed by atoms with E-state index in [4.69, 9.17) is 0 Å². The Morgan fingerprint density at radius 3 is 2.24 bits per heavy atom. The molecule has 8 heteroatoms. The fourth-order valence-corrected chi connectivity index (χ4v) is 4.69. The van der Waals surface area contributed by atoms with Gasteiger partial charge in [0, 0.05) is 26.6 Å². The van der Waals surface area contributed by atoms with Crippen LogP contribution in [0.25, 0.3) is 0 Å². The number of rotatable bonds is 10. The third-order valence-electron chi connectivity index (χ3n) is 5.88. The van der Waals surface area contributed by atoms with E-state index in [2.05, 4.69) is 5.32 Å². The summed E-state index contributed by atoms with van der Waals surface area (Å²) in [4.78, 5) is 27.0. The van der Waals surface area contributed by atoms with Crippen molar-refractivity contribution in [1.82, 2.24) is 10.2 Å². The number of amides is 2. The Morgan fingerprint density at radius 2 is 1.67 bits per heavy atom. The Kier molecular flexibility index (Phi) is 9.05. The van der Waals surface area contributed by atoms with E-state index in [1.807, 2.05) is 57.2 Å². The van der Waals surface area contributed by atoms with Crippen molar-refractivity contribution < 1.29 is 18.0 Å². The molecule has 33 heavy (non-hydrogen) atoms. The van der Waals surface area contributed by atoms with Crippen LogP contribution in [0.4, 0.5) is 5.69 Å². The normalized spacial score (nSPS) is 12.2. The highest BCUT2D eigenvalue weighted by Crippen LogP contribution is 2.25. The Hall–Kier alpha value is -2.87. The molecule has 2 aromatic rings. The van der Waals surface area contributed by atoms with Crippen LogP contribution in [0.2, 0.25) is 0 Å². The van der Waals surface area contributed by atoms with Crippen molar-refractivity contribution in [2.75, 3.05) is 24.2 Å². The second kappa shape index (κ2) is 11.3. The van der Waals surface area contributed by atoms with Crippen LogP contribution in [0, 0.1) is 20.8 Å². The van der Waals surface area contributed by atoms with Crippen molar-refractivity contribution in [1.29, 1.82) is 0 Å². The maximum Gasteiger partial charge on any atom is 0.242 e. The number of carbonyl (C=O) groups is 2. The van der Waals surface area contributed by atoms with Crippen LogP contribution in [0.3, 0.4) is 0 Å². The van der Waals surface area contributed by atoms with Crippen molar-refractivity contribution >= 4 is 27.5 Å². The monoisotopic (exact) mass is 473 g/mol. The zero-order chi connectivity index (χ0) is 24.8. The molecule has 0 saturated carbocycles. The summed E-state index contributed by atoms with van der Waals surface area (Å²) in [6.07, 6.45) is 1.64. The maximum absolute atomic E-state index is 13.1. The van der Waals surface area contributed by atoms with E-state index >= 15 is 0 Å². The van der Waals surface area contributed by atoms with Crippen LogP contribution in [0.5, 0.6) is 0 Å². The number of anilines is 1. The Morgan fingerprint density at radius 1 is 1.03 bits per heavy atom. The molecule has 2 aromatic carbocycles. The van der Waals surface area contributed by atoms with E-state index < -0.39 is 16.1 Å². The van der Waals surface area contributed by atoms with Gasteiger partial charge in [0.25, 0.3) is 0 Å². The lowest BCUT2D eigenvalue weighted by atomic mass is 10.1. The van der Waals surface area contributed by atoms with Crippen molar-refractivity contribution in [2.24, 2.45) is 0 Å². The van der Waals surface area contributed by atoms with Gasteiger partial charge in [0.1, 0.15) is 6.04 Å². The average Bonchev–Trinajstić information content (AvgIpc) is 2.76. The second-order valence-electron chi connectivity index (χ2n) is 8.46. The Bertz CT molecular complexity index is 1080. The molecular weight excluding hydrogens is 438 g/mol.